The minimum atomic E-state index is -0.135. The third-order valence-electron chi connectivity index (χ3n) is 4.35. The molecule has 0 aliphatic heterocycles. The Morgan fingerprint density at radius 1 is 0.933 bits per heavy atom. The van der Waals surface area contributed by atoms with Gasteiger partial charge in [-0.05, 0) is 42.3 Å². The summed E-state index contributed by atoms with van der Waals surface area (Å²) in [5, 5.41) is 7.88. The van der Waals surface area contributed by atoms with Crippen LogP contribution < -0.4 is 10.6 Å². The number of amides is 2. The van der Waals surface area contributed by atoms with Crippen LogP contribution >= 0.6 is 23.1 Å². The van der Waals surface area contributed by atoms with Crippen LogP contribution in [-0.2, 0) is 16.1 Å². The third kappa shape index (κ3) is 7.02. The Hall–Kier alpha value is -2.61. The second kappa shape index (κ2) is 11.5. The van der Waals surface area contributed by atoms with Gasteiger partial charge in [-0.1, -0.05) is 55.1 Å². The Balaban J connectivity index is 1.53. The topological polar surface area (TPSA) is 61.4 Å². The van der Waals surface area contributed by atoms with E-state index in [1.165, 1.54) is 0 Å². The van der Waals surface area contributed by atoms with E-state index >= 15 is 0 Å². The maximum Gasteiger partial charge on any atom is 0.238 e. The van der Waals surface area contributed by atoms with Crippen LogP contribution in [0.15, 0.2) is 81.9 Å². The van der Waals surface area contributed by atoms with Gasteiger partial charge in [0.25, 0.3) is 0 Å². The van der Waals surface area contributed by atoms with E-state index in [9.17, 15) is 9.59 Å². The third-order valence-corrected chi connectivity index (χ3v) is 6.31. The zero-order valence-corrected chi connectivity index (χ0v) is 18.5. The van der Waals surface area contributed by atoms with Gasteiger partial charge in [0.15, 0.2) is 0 Å². The fourth-order valence-corrected chi connectivity index (χ4v) is 4.37. The van der Waals surface area contributed by atoms with Gasteiger partial charge < -0.3 is 10.6 Å². The van der Waals surface area contributed by atoms with Gasteiger partial charge >= 0.3 is 0 Å². The molecule has 0 fully saturated rings. The molecular formula is C23H25N3O2S2. The number of hydrogen-bond acceptors (Lipinski definition) is 5. The lowest BCUT2D eigenvalue weighted by Gasteiger charge is -2.20. The van der Waals surface area contributed by atoms with Crippen LogP contribution in [0.2, 0.25) is 0 Å². The van der Waals surface area contributed by atoms with Crippen molar-refractivity contribution >= 4 is 40.6 Å². The number of benzene rings is 2. The summed E-state index contributed by atoms with van der Waals surface area (Å²) >= 11 is 3.21. The minimum Gasteiger partial charge on any atom is -0.350 e. The predicted octanol–water partition coefficient (Wildman–Crippen LogP) is 4.48. The van der Waals surface area contributed by atoms with E-state index in [0.717, 1.165) is 20.4 Å². The van der Waals surface area contributed by atoms with Crippen LogP contribution in [0.1, 0.15) is 11.8 Å². The van der Waals surface area contributed by atoms with Crippen molar-refractivity contribution in [1.82, 2.24) is 10.2 Å². The minimum absolute atomic E-state index is 0.0851. The zero-order valence-electron chi connectivity index (χ0n) is 16.8. The maximum absolute atomic E-state index is 12.6. The number of rotatable bonds is 10. The van der Waals surface area contributed by atoms with Gasteiger partial charge in [0.2, 0.25) is 11.8 Å². The van der Waals surface area contributed by atoms with E-state index in [1.807, 2.05) is 83.9 Å². The van der Waals surface area contributed by atoms with Gasteiger partial charge in [0.05, 0.1) is 25.3 Å². The predicted molar refractivity (Wildman–Crippen MR) is 124 cm³/mol. The molecule has 1 aromatic heterocycles. The molecule has 0 aliphatic carbocycles. The van der Waals surface area contributed by atoms with Gasteiger partial charge in [-0.3, -0.25) is 14.5 Å². The molecule has 7 heteroatoms. The number of hydrogen-bond donors (Lipinski definition) is 2. The highest BCUT2D eigenvalue weighted by molar-refractivity contribution is 7.99. The Morgan fingerprint density at radius 3 is 2.40 bits per heavy atom. The van der Waals surface area contributed by atoms with E-state index in [2.05, 4.69) is 10.6 Å². The van der Waals surface area contributed by atoms with Crippen LogP contribution in [0.3, 0.4) is 0 Å². The van der Waals surface area contributed by atoms with Gasteiger partial charge in [-0.2, -0.15) is 0 Å². The maximum atomic E-state index is 12.6. The monoisotopic (exact) mass is 439 g/mol. The van der Waals surface area contributed by atoms with Crippen LogP contribution in [0.5, 0.6) is 0 Å². The number of nitrogens with one attached hydrogen (secondary N) is 2. The SMILES string of the molecule is CCN(CC(=O)NCc1cccs1)CC(=O)Nc1ccccc1Sc1ccccc1. The summed E-state index contributed by atoms with van der Waals surface area (Å²) in [6, 6.07) is 21.7. The smallest absolute Gasteiger partial charge is 0.238 e. The molecule has 1 heterocycles. The molecule has 30 heavy (non-hydrogen) atoms. The molecule has 0 aliphatic rings. The normalized spacial score (nSPS) is 10.7. The van der Waals surface area contributed by atoms with E-state index in [-0.39, 0.29) is 24.9 Å². The number of para-hydroxylation sites is 1. The molecule has 2 amide bonds. The summed E-state index contributed by atoms with van der Waals surface area (Å²) in [4.78, 5) is 29.9. The van der Waals surface area contributed by atoms with Crippen molar-refractivity contribution in [3.05, 3.63) is 77.0 Å². The first-order valence-corrected chi connectivity index (χ1v) is 11.5. The molecule has 5 nitrogen and oxygen atoms in total. The van der Waals surface area contributed by atoms with Gasteiger partial charge in [0, 0.05) is 14.7 Å². The Labute approximate surface area is 185 Å². The molecule has 3 rings (SSSR count). The highest BCUT2D eigenvalue weighted by atomic mass is 32.2. The second-order valence-corrected chi connectivity index (χ2v) is 8.77. The Kier molecular flexibility index (Phi) is 8.50. The molecule has 156 valence electrons. The van der Waals surface area contributed by atoms with Crippen LogP contribution in [0.25, 0.3) is 0 Å². The van der Waals surface area contributed by atoms with Crippen molar-refractivity contribution < 1.29 is 9.59 Å². The second-order valence-electron chi connectivity index (χ2n) is 6.62. The lowest BCUT2D eigenvalue weighted by Crippen LogP contribution is -2.40. The van der Waals surface area contributed by atoms with Crippen molar-refractivity contribution in [2.75, 3.05) is 25.0 Å². The summed E-state index contributed by atoms with van der Waals surface area (Å²) in [6.07, 6.45) is 0. The van der Waals surface area contributed by atoms with E-state index in [4.69, 9.17) is 0 Å². The number of nitrogens with zero attached hydrogens (tertiary/aromatic N) is 1. The lowest BCUT2D eigenvalue weighted by molar-refractivity contribution is -0.123. The molecular weight excluding hydrogens is 414 g/mol. The molecule has 3 aromatic rings. The summed E-state index contributed by atoms with van der Waals surface area (Å²) in [5.41, 5.74) is 0.773. The number of carbonyl (C=O) groups is 2. The first kappa shape index (κ1) is 22.1. The number of thiophene rings is 1. The average molecular weight is 440 g/mol. The Morgan fingerprint density at radius 2 is 1.67 bits per heavy atom. The van der Waals surface area contributed by atoms with Crippen LogP contribution in [-0.4, -0.2) is 36.3 Å². The summed E-state index contributed by atoms with van der Waals surface area (Å²) < 4.78 is 0. The van der Waals surface area contributed by atoms with Crippen molar-refractivity contribution in [2.45, 2.75) is 23.3 Å². The van der Waals surface area contributed by atoms with Gasteiger partial charge in [0.1, 0.15) is 0 Å². The molecule has 0 unspecified atom stereocenters. The summed E-state index contributed by atoms with van der Waals surface area (Å²) in [5.74, 6) is -0.220. The lowest BCUT2D eigenvalue weighted by atomic mass is 10.3. The van der Waals surface area contributed by atoms with Crippen LogP contribution in [0, 0.1) is 0 Å². The van der Waals surface area contributed by atoms with Gasteiger partial charge in [-0.25, -0.2) is 0 Å². The summed E-state index contributed by atoms with van der Waals surface area (Å²) in [7, 11) is 0. The molecule has 0 bridgehead atoms. The molecule has 0 spiro atoms. The Bertz CT molecular complexity index is 946. The van der Waals surface area contributed by atoms with E-state index in [1.54, 1.807) is 23.1 Å². The zero-order chi connectivity index (χ0) is 21.2. The van der Waals surface area contributed by atoms with Gasteiger partial charge in [-0.15, -0.1) is 11.3 Å². The van der Waals surface area contributed by atoms with Crippen LogP contribution in [0.4, 0.5) is 5.69 Å². The standard InChI is InChI=1S/C23H25N3O2S2/c1-2-26(16-22(27)24-15-19-11-8-14-29-19)17-23(28)25-20-12-6-7-13-21(20)30-18-9-4-3-5-10-18/h3-14H,2,15-17H2,1H3,(H,24,27)(H,25,28). The van der Waals surface area contributed by atoms with Crippen molar-refractivity contribution in [3.63, 3.8) is 0 Å². The van der Waals surface area contributed by atoms with Crippen molar-refractivity contribution in [2.24, 2.45) is 0 Å². The fraction of sp³-hybridized carbons (Fsp3) is 0.217. The number of carbonyl (C=O) groups excluding carboxylic acids is 2. The molecule has 0 saturated heterocycles. The molecule has 0 saturated carbocycles. The van der Waals surface area contributed by atoms with Crippen molar-refractivity contribution in [1.29, 1.82) is 0 Å². The van der Waals surface area contributed by atoms with E-state index in [0.29, 0.717) is 13.1 Å². The summed E-state index contributed by atoms with van der Waals surface area (Å²) in [6.45, 7) is 3.42. The molecule has 2 aromatic carbocycles. The quantitative estimate of drug-likeness (QED) is 0.489. The average Bonchev–Trinajstić information content (AvgIpc) is 3.28. The number of anilines is 1. The fourth-order valence-electron chi connectivity index (χ4n) is 2.80. The molecule has 0 atom stereocenters. The first-order valence-electron chi connectivity index (χ1n) is 9.77. The molecule has 0 radical (unpaired) electrons. The molecule has 2 N–H and O–H groups in total. The first-order chi connectivity index (χ1) is 14.6. The highest BCUT2D eigenvalue weighted by Crippen LogP contribution is 2.33. The van der Waals surface area contributed by atoms with Crippen molar-refractivity contribution in [3.8, 4) is 0 Å². The largest absolute Gasteiger partial charge is 0.350 e. The van der Waals surface area contributed by atoms with E-state index < -0.39 is 0 Å². The highest BCUT2D eigenvalue weighted by Gasteiger charge is 2.14. The number of likely N-dealkylation sites (N-methyl/N-ethyl adjacent to an activating group) is 1.